The summed E-state index contributed by atoms with van der Waals surface area (Å²) >= 11 is 12.3. The maximum Gasteiger partial charge on any atom is 0.312 e. The molecule has 126 valence electrons. The number of para-hydroxylation sites is 1. The Balaban J connectivity index is 2.07. The molecule has 0 aliphatic carbocycles. The second-order valence-corrected chi connectivity index (χ2v) is 6.86. The van der Waals surface area contributed by atoms with E-state index in [9.17, 15) is 9.59 Å². The molecule has 1 aliphatic heterocycles. The van der Waals surface area contributed by atoms with Crippen molar-refractivity contribution in [3.63, 3.8) is 0 Å². The lowest BCUT2D eigenvalue weighted by Gasteiger charge is -2.26. The van der Waals surface area contributed by atoms with Gasteiger partial charge in [-0.25, -0.2) is 0 Å². The molecular formula is C19H13Cl2NO3. The number of carbonyl (C=O) groups excluding carboxylic acids is 1. The zero-order valence-corrected chi connectivity index (χ0v) is 14.8. The van der Waals surface area contributed by atoms with Gasteiger partial charge in [0.05, 0.1) is 17.5 Å². The number of rotatable bonds is 1. The average Bonchev–Trinajstić information content (AvgIpc) is 2.59. The van der Waals surface area contributed by atoms with Crippen LogP contribution < -0.4 is 10.3 Å². The van der Waals surface area contributed by atoms with E-state index in [4.69, 9.17) is 27.9 Å². The summed E-state index contributed by atoms with van der Waals surface area (Å²) in [6.45, 7) is 0. The minimum absolute atomic E-state index is 0.0575. The molecule has 3 aromatic rings. The number of carbonyl (C=O) groups is 1. The third-order valence-corrected chi connectivity index (χ3v) is 5.13. The summed E-state index contributed by atoms with van der Waals surface area (Å²) < 4.78 is 7.05. The molecule has 0 amide bonds. The van der Waals surface area contributed by atoms with Crippen LogP contribution in [-0.2, 0) is 11.8 Å². The van der Waals surface area contributed by atoms with E-state index in [-0.39, 0.29) is 17.9 Å². The minimum atomic E-state index is -0.468. The number of aromatic nitrogens is 1. The first-order chi connectivity index (χ1) is 12.0. The Hall–Kier alpha value is -2.30. The van der Waals surface area contributed by atoms with Gasteiger partial charge in [-0.3, -0.25) is 9.59 Å². The number of hydrogen-bond acceptors (Lipinski definition) is 3. The third-order valence-electron chi connectivity index (χ3n) is 4.56. The quantitative estimate of drug-likeness (QED) is 0.597. The molecule has 1 atom stereocenters. The maximum atomic E-state index is 13.0. The molecule has 4 rings (SSSR count). The first-order valence-corrected chi connectivity index (χ1v) is 8.50. The second kappa shape index (κ2) is 5.90. The summed E-state index contributed by atoms with van der Waals surface area (Å²) in [4.78, 5) is 25.2. The van der Waals surface area contributed by atoms with Gasteiger partial charge >= 0.3 is 5.97 Å². The standard InChI is InChI=1S/C19H13Cl2NO3/c1-22-15-5-3-2-4-12(15)18-17(19(22)24)13(9-16(23)25-18)11-7-6-10(20)8-14(11)21/h2-8,13H,9H2,1H3/t13-/m1/s1. The van der Waals surface area contributed by atoms with E-state index in [0.717, 1.165) is 5.39 Å². The average molecular weight is 374 g/mol. The Morgan fingerprint density at radius 2 is 1.88 bits per heavy atom. The van der Waals surface area contributed by atoms with Crippen LogP contribution in [0.2, 0.25) is 10.0 Å². The largest absolute Gasteiger partial charge is 0.425 e. The highest BCUT2D eigenvalue weighted by molar-refractivity contribution is 6.35. The zero-order chi connectivity index (χ0) is 17.7. The molecule has 0 fully saturated rings. The molecule has 0 radical (unpaired) electrons. The summed E-state index contributed by atoms with van der Waals surface area (Å²) in [5.41, 5.74) is 1.65. The van der Waals surface area contributed by atoms with Crippen molar-refractivity contribution in [3.8, 4) is 5.75 Å². The predicted molar refractivity (Wildman–Crippen MR) is 97.7 cm³/mol. The van der Waals surface area contributed by atoms with Crippen molar-refractivity contribution in [3.05, 3.63) is 74.0 Å². The molecule has 2 heterocycles. The van der Waals surface area contributed by atoms with Crippen LogP contribution in [0.4, 0.5) is 0 Å². The van der Waals surface area contributed by atoms with Gasteiger partial charge in [0, 0.05) is 28.4 Å². The summed E-state index contributed by atoms with van der Waals surface area (Å²) in [6, 6.07) is 12.4. The smallest absolute Gasteiger partial charge is 0.312 e. The Morgan fingerprint density at radius 3 is 2.64 bits per heavy atom. The lowest BCUT2D eigenvalue weighted by molar-refractivity contribution is -0.135. The molecule has 0 bridgehead atoms. The molecule has 25 heavy (non-hydrogen) atoms. The summed E-state index contributed by atoms with van der Waals surface area (Å²) in [7, 11) is 1.71. The summed E-state index contributed by atoms with van der Waals surface area (Å²) in [5.74, 6) is -0.530. The molecule has 6 heteroatoms. The fourth-order valence-corrected chi connectivity index (χ4v) is 3.92. The molecule has 1 aromatic heterocycles. The monoisotopic (exact) mass is 373 g/mol. The van der Waals surface area contributed by atoms with Crippen molar-refractivity contribution in [1.82, 2.24) is 4.57 Å². The number of aryl methyl sites for hydroxylation is 1. The van der Waals surface area contributed by atoms with Crippen LogP contribution in [0, 0.1) is 0 Å². The zero-order valence-electron chi connectivity index (χ0n) is 13.3. The van der Waals surface area contributed by atoms with Crippen LogP contribution in [0.5, 0.6) is 5.75 Å². The third kappa shape index (κ3) is 2.53. The fourth-order valence-electron chi connectivity index (χ4n) is 3.38. The van der Waals surface area contributed by atoms with Crippen molar-refractivity contribution in [1.29, 1.82) is 0 Å². The normalized spacial score (nSPS) is 16.6. The van der Waals surface area contributed by atoms with E-state index < -0.39 is 5.92 Å². The van der Waals surface area contributed by atoms with Gasteiger partial charge in [-0.2, -0.15) is 0 Å². The Kier molecular flexibility index (Phi) is 3.82. The van der Waals surface area contributed by atoms with Crippen LogP contribution >= 0.6 is 23.2 Å². The lowest BCUT2D eigenvalue weighted by atomic mass is 9.86. The molecule has 0 unspecified atom stereocenters. The summed E-state index contributed by atoms with van der Waals surface area (Å²) in [5, 5.41) is 1.65. The minimum Gasteiger partial charge on any atom is -0.425 e. The maximum absolute atomic E-state index is 13.0. The Labute approximate surface area is 153 Å². The van der Waals surface area contributed by atoms with Crippen LogP contribution in [0.1, 0.15) is 23.5 Å². The van der Waals surface area contributed by atoms with Gasteiger partial charge < -0.3 is 9.30 Å². The van der Waals surface area contributed by atoms with Gasteiger partial charge in [-0.1, -0.05) is 41.4 Å². The lowest BCUT2D eigenvalue weighted by Crippen LogP contribution is -2.31. The van der Waals surface area contributed by atoms with Crippen molar-refractivity contribution >= 4 is 40.1 Å². The van der Waals surface area contributed by atoms with Gasteiger partial charge in [0.2, 0.25) is 0 Å². The van der Waals surface area contributed by atoms with Crippen LogP contribution in [0.3, 0.4) is 0 Å². The Bertz CT molecular complexity index is 1090. The van der Waals surface area contributed by atoms with E-state index in [0.29, 0.717) is 32.4 Å². The highest BCUT2D eigenvalue weighted by Gasteiger charge is 2.34. The van der Waals surface area contributed by atoms with E-state index in [2.05, 4.69) is 0 Å². The molecule has 1 aliphatic rings. The van der Waals surface area contributed by atoms with Gasteiger partial charge in [-0.05, 0) is 29.8 Å². The van der Waals surface area contributed by atoms with Crippen molar-refractivity contribution in [2.24, 2.45) is 7.05 Å². The number of fused-ring (bicyclic) bond motifs is 3. The number of esters is 1. The number of ether oxygens (including phenoxy) is 1. The highest BCUT2D eigenvalue weighted by Crippen LogP contribution is 2.42. The molecule has 4 nitrogen and oxygen atoms in total. The van der Waals surface area contributed by atoms with Crippen LogP contribution in [-0.4, -0.2) is 10.5 Å². The van der Waals surface area contributed by atoms with Gasteiger partial charge in [-0.15, -0.1) is 0 Å². The first-order valence-electron chi connectivity index (χ1n) is 7.74. The van der Waals surface area contributed by atoms with Gasteiger partial charge in [0.25, 0.3) is 5.56 Å². The molecule has 0 saturated heterocycles. The SMILES string of the molecule is Cn1c(=O)c2c(c3ccccc31)OC(=O)C[C@@H]2c1ccc(Cl)cc1Cl. The van der Waals surface area contributed by atoms with E-state index in [1.54, 1.807) is 29.8 Å². The van der Waals surface area contributed by atoms with Crippen molar-refractivity contribution in [2.75, 3.05) is 0 Å². The fraction of sp³-hybridized carbons (Fsp3) is 0.158. The molecule has 0 N–H and O–H groups in total. The van der Waals surface area contributed by atoms with Crippen LogP contribution in [0.15, 0.2) is 47.3 Å². The van der Waals surface area contributed by atoms with Crippen molar-refractivity contribution < 1.29 is 9.53 Å². The number of hydrogen-bond donors (Lipinski definition) is 0. The Morgan fingerprint density at radius 1 is 1.12 bits per heavy atom. The predicted octanol–water partition coefficient (Wildman–Crippen LogP) is 4.29. The van der Waals surface area contributed by atoms with Crippen molar-refractivity contribution in [2.45, 2.75) is 12.3 Å². The van der Waals surface area contributed by atoms with E-state index in [1.165, 1.54) is 0 Å². The molecular weight excluding hydrogens is 361 g/mol. The molecule has 0 saturated carbocycles. The number of pyridine rings is 1. The second-order valence-electron chi connectivity index (χ2n) is 6.02. The molecule has 0 spiro atoms. The van der Waals surface area contributed by atoms with E-state index in [1.807, 2.05) is 24.3 Å². The van der Waals surface area contributed by atoms with Crippen LogP contribution in [0.25, 0.3) is 10.9 Å². The topological polar surface area (TPSA) is 48.3 Å². The highest BCUT2D eigenvalue weighted by atomic mass is 35.5. The van der Waals surface area contributed by atoms with E-state index >= 15 is 0 Å². The summed E-state index contributed by atoms with van der Waals surface area (Å²) in [6.07, 6.45) is 0.0575. The van der Waals surface area contributed by atoms with Gasteiger partial charge in [0.1, 0.15) is 5.75 Å². The first kappa shape index (κ1) is 16.2. The number of nitrogens with zero attached hydrogens (tertiary/aromatic N) is 1. The number of benzene rings is 2. The van der Waals surface area contributed by atoms with Gasteiger partial charge in [0.15, 0.2) is 0 Å². The molecule has 2 aromatic carbocycles. The number of halogens is 2.